The lowest BCUT2D eigenvalue weighted by molar-refractivity contribution is -0.312. The third kappa shape index (κ3) is 3.61. The Labute approximate surface area is 80.6 Å². The number of aliphatic hydroxyl groups is 2. The van der Waals surface area contributed by atoms with Gasteiger partial charge in [-0.15, -0.1) is 0 Å². The zero-order valence-electron chi connectivity index (χ0n) is 7.24. The molecule has 1 heterocycles. The van der Waals surface area contributed by atoms with Gasteiger partial charge in [-0.25, -0.2) is 0 Å². The largest absolute Gasteiger partial charge is 0.709 e. The lowest BCUT2D eigenvalue weighted by Crippen LogP contribution is -2.34. The van der Waals surface area contributed by atoms with Crippen LogP contribution in [-0.4, -0.2) is 22.2 Å². The summed E-state index contributed by atoms with van der Waals surface area (Å²) in [6.07, 6.45) is 0. The van der Waals surface area contributed by atoms with Gasteiger partial charge in [0.15, 0.2) is 0 Å². The molecule has 0 unspecified atom stereocenters. The second-order valence-corrected chi connectivity index (χ2v) is 4.23. The van der Waals surface area contributed by atoms with Crippen molar-refractivity contribution in [1.82, 2.24) is 0 Å². The first-order valence-corrected chi connectivity index (χ1v) is 5.55. The van der Waals surface area contributed by atoms with Crippen LogP contribution < -0.4 is 0 Å². The van der Waals surface area contributed by atoms with E-state index in [1.807, 2.05) is 0 Å². The van der Waals surface area contributed by atoms with E-state index < -0.39 is 28.5 Å². The first kappa shape index (κ1) is 12.0. The highest BCUT2D eigenvalue weighted by atomic mass is 31.1. The van der Waals surface area contributed by atoms with E-state index in [1.165, 1.54) is 0 Å². The monoisotopic (exact) mass is 246 g/mol. The second kappa shape index (κ2) is 3.84. The number of rotatable bonds is 0. The maximum absolute atomic E-state index is 10.9. The van der Waals surface area contributed by atoms with Gasteiger partial charge < -0.3 is 10.2 Å². The average molecular weight is 246 g/mol. The molecule has 0 aliphatic carbocycles. The van der Waals surface area contributed by atoms with E-state index in [-0.39, 0.29) is 0 Å². The molecule has 0 aromatic heterocycles. The summed E-state index contributed by atoms with van der Waals surface area (Å²) in [6, 6.07) is 0. The van der Waals surface area contributed by atoms with Crippen LogP contribution in [0.4, 0.5) is 0 Å². The number of hydrogen-bond donors (Lipinski definition) is 2. The van der Waals surface area contributed by atoms with Gasteiger partial charge in [-0.05, 0) is 18.1 Å². The molecule has 10 heteroatoms. The molecule has 0 atom stereocenters. The summed E-state index contributed by atoms with van der Waals surface area (Å²) in [6.45, 7) is 1.89. The molecule has 0 radical (unpaired) electrons. The van der Waals surface area contributed by atoms with Crippen LogP contribution in [0, 0.1) is 0 Å². The van der Waals surface area contributed by atoms with Crippen molar-refractivity contribution in [2.24, 2.45) is 0 Å². The molecule has 1 rings (SSSR count). The minimum Gasteiger partial charge on any atom is -0.337 e. The maximum Gasteiger partial charge on any atom is 0.709 e. The molecule has 14 heavy (non-hydrogen) atoms. The smallest absolute Gasteiger partial charge is 0.337 e. The van der Waals surface area contributed by atoms with Crippen LogP contribution in [0.5, 0.6) is 0 Å². The summed E-state index contributed by atoms with van der Waals surface area (Å²) in [4.78, 5) is 0. The first-order chi connectivity index (χ1) is 6.20. The predicted molar refractivity (Wildman–Crippen MR) is 40.8 cm³/mol. The van der Waals surface area contributed by atoms with Crippen LogP contribution in [0.1, 0.15) is 13.8 Å². The van der Waals surface area contributed by atoms with Gasteiger partial charge in [0.1, 0.15) is 0 Å². The molecule has 80 valence electrons. The Morgan fingerprint density at radius 2 is 1.07 bits per heavy atom. The second-order valence-electron chi connectivity index (χ2n) is 2.61. The van der Waals surface area contributed by atoms with Crippen molar-refractivity contribution in [1.29, 1.82) is 0 Å². The minimum atomic E-state index is -2.86. The highest BCUT2D eigenvalue weighted by molar-refractivity contribution is 7.34. The summed E-state index contributed by atoms with van der Waals surface area (Å²) >= 11 is 0. The van der Waals surface area contributed by atoms with Crippen molar-refractivity contribution in [3.8, 4) is 0 Å². The summed E-state index contributed by atoms with van der Waals surface area (Å²) in [5.41, 5.74) is 0. The molecule has 1 aliphatic heterocycles. The van der Waals surface area contributed by atoms with Crippen molar-refractivity contribution < 1.29 is 37.4 Å². The van der Waals surface area contributed by atoms with Crippen LogP contribution in [0.15, 0.2) is 0 Å². The summed E-state index contributed by atoms with van der Waals surface area (Å²) < 4.78 is 38.9. The quantitative estimate of drug-likeness (QED) is 0.601. The Balaban J connectivity index is 2.81. The highest BCUT2D eigenvalue weighted by Gasteiger charge is 2.56. The maximum atomic E-state index is 10.9. The van der Waals surface area contributed by atoms with Crippen molar-refractivity contribution in [2.75, 3.05) is 0 Å². The molecular weight excluding hydrogens is 238 g/mol. The van der Waals surface area contributed by atoms with Crippen LogP contribution >= 0.6 is 16.5 Å². The first-order valence-electron chi connectivity index (χ1n) is 3.36. The fourth-order valence-corrected chi connectivity index (χ4v) is 2.07. The molecule has 8 nitrogen and oxygen atoms in total. The minimum absolute atomic E-state index is 0.945. The van der Waals surface area contributed by atoms with E-state index in [9.17, 15) is 9.13 Å². The van der Waals surface area contributed by atoms with Gasteiger partial charge in [-0.1, -0.05) is 0 Å². The van der Waals surface area contributed by atoms with Gasteiger partial charge in [-0.3, -0.25) is 0 Å². The van der Waals surface area contributed by atoms with Crippen molar-refractivity contribution in [2.45, 2.75) is 25.8 Å². The van der Waals surface area contributed by atoms with Gasteiger partial charge in [0.05, 0.1) is 0 Å². The summed E-state index contributed by atoms with van der Waals surface area (Å²) in [5.74, 6) is -4.73. The Morgan fingerprint density at radius 3 is 1.29 bits per heavy atom. The molecule has 0 amide bonds. The summed E-state index contributed by atoms with van der Waals surface area (Å²) in [7, 11) is -5.72. The summed E-state index contributed by atoms with van der Waals surface area (Å²) in [5, 5.41) is 18.3. The average Bonchev–Trinajstić information content (AvgIpc) is 1.74. The van der Waals surface area contributed by atoms with Gasteiger partial charge >= 0.3 is 28.5 Å². The zero-order chi connectivity index (χ0) is 11.0. The van der Waals surface area contributed by atoms with Crippen LogP contribution in [0.3, 0.4) is 0 Å². The zero-order valence-corrected chi connectivity index (χ0v) is 9.03. The Morgan fingerprint density at radius 1 is 0.857 bits per heavy atom. The molecule has 0 aromatic rings. The molecule has 0 bridgehead atoms. The van der Waals surface area contributed by atoms with E-state index in [4.69, 9.17) is 10.2 Å². The van der Waals surface area contributed by atoms with E-state index in [2.05, 4.69) is 18.1 Å². The molecule has 0 saturated carbocycles. The Kier molecular flexibility index (Phi) is 3.30. The molecule has 1 aliphatic rings. The highest BCUT2D eigenvalue weighted by Crippen LogP contribution is 2.46. The predicted octanol–water partition coefficient (Wildman–Crippen LogP) is 0.713. The van der Waals surface area contributed by atoms with E-state index in [0.29, 0.717) is 0 Å². The fraction of sp³-hybridized carbons (Fsp3) is 1.00. The van der Waals surface area contributed by atoms with Gasteiger partial charge in [0, 0.05) is 23.0 Å². The number of hydrogen-bond acceptors (Lipinski definition) is 8. The standard InChI is InChI=1S/C4H8O8P2/c1-3(5)9-13(7)11-4(2,6)12-14(8)10-3/h5-6H,1-2H3/q+2. The van der Waals surface area contributed by atoms with Crippen molar-refractivity contribution in [3.63, 3.8) is 0 Å². The van der Waals surface area contributed by atoms with Gasteiger partial charge in [0.25, 0.3) is 0 Å². The Bertz CT molecular complexity index is 225. The fourth-order valence-electron chi connectivity index (χ4n) is 0.624. The molecule has 1 saturated heterocycles. The van der Waals surface area contributed by atoms with E-state index in [1.54, 1.807) is 0 Å². The molecular formula is C4H8O8P2+2. The van der Waals surface area contributed by atoms with Crippen LogP contribution in [0.2, 0.25) is 0 Å². The third-order valence-corrected chi connectivity index (χ3v) is 2.93. The molecule has 2 N–H and O–H groups in total. The lowest BCUT2D eigenvalue weighted by Gasteiger charge is -2.14. The lowest BCUT2D eigenvalue weighted by atomic mass is 10.7. The van der Waals surface area contributed by atoms with Gasteiger partial charge in [0.2, 0.25) is 0 Å². The van der Waals surface area contributed by atoms with Gasteiger partial charge in [-0.2, -0.15) is 0 Å². The normalized spacial score (nSPS) is 45.7. The topological polar surface area (TPSA) is 112 Å². The van der Waals surface area contributed by atoms with E-state index in [0.717, 1.165) is 13.8 Å². The molecule has 0 aromatic carbocycles. The van der Waals surface area contributed by atoms with Crippen molar-refractivity contribution >= 4 is 16.5 Å². The molecule has 1 fully saturated rings. The van der Waals surface area contributed by atoms with Crippen molar-refractivity contribution in [3.05, 3.63) is 0 Å². The van der Waals surface area contributed by atoms with Crippen LogP contribution in [-0.2, 0) is 27.2 Å². The van der Waals surface area contributed by atoms with E-state index >= 15 is 0 Å². The van der Waals surface area contributed by atoms with Crippen LogP contribution in [0.25, 0.3) is 0 Å². The SMILES string of the molecule is CC1(O)O[P+](=O)OC(C)(O)O[P+](=O)O1. The molecule has 0 spiro atoms. The Hall–Kier alpha value is -0.0400. The third-order valence-electron chi connectivity index (χ3n) is 0.976.